The van der Waals surface area contributed by atoms with E-state index in [1.807, 2.05) is 32.9 Å². The number of H-pyrrole nitrogens is 2. The van der Waals surface area contributed by atoms with E-state index in [1.54, 1.807) is 19.1 Å². The van der Waals surface area contributed by atoms with E-state index in [2.05, 4.69) is 33.4 Å². The Bertz CT molecular complexity index is 1860. The molecule has 0 saturated heterocycles. The van der Waals surface area contributed by atoms with Crippen molar-refractivity contribution in [1.29, 1.82) is 0 Å². The third kappa shape index (κ3) is 6.18. The number of amides is 2. The van der Waals surface area contributed by atoms with Gasteiger partial charge in [-0.2, -0.15) is 4.99 Å². The van der Waals surface area contributed by atoms with E-state index in [9.17, 15) is 29.4 Å². The van der Waals surface area contributed by atoms with Crippen LogP contribution >= 0.6 is 0 Å². The number of hydrogen-bond donors (Lipinski definition) is 6. The number of carboxylic acid groups (broad SMARTS) is 2. The quantitative estimate of drug-likeness (QED) is 0.232. The first-order valence-electron chi connectivity index (χ1n) is 13.8. The second-order valence-corrected chi connectivity index (χ2v) is 10.6. The molecule has 4 rings (SSSR count). The van der Waals surface area contributed by atoms with Gasteiger partial charge in [-0.05, 0) is 74.9 Å². The smallest absolute Gasteiger partial charge is 0.418 e. The Hall–Kier alpha value is -5.25. The lowest BCUT2D eigenvalue weighted by Crippen LogP contribution is -2.74. The van der Waals surface area contributed by atoms with Gasteiger partial charge >= 0.3 is 17.8 Å². The van der Waals surface area contributed by atoms with Gasteiger partial charge in [0, 0.05) is 57.7 Å². The largest absolute Gasteiger partial charge is 0.481 e. The highest BCUT2D eigenvalue weighted by Crippen LogP contribution is 2.27. The zero-order valence-corrected chi connectivity index (χ0v) is 24.7. The monoisotopic (exact) mass is 583 g/mol. The van der Waals surface area contributed by atoms with Gasteiger partial charge in [0.15, 0.2) is 0 Å². The van der Waals surface area contributed by atoms with Crippen LogP contribution in [0.15, 0.2) is 53.3 Å². The number of aromatic nitrogens is 2. The van der Waals surface area contributed by atoms with Gasteiger partial charge in [-0.1, -0.05) is 25.3 Å². The summed E-state index contributed by atoms with van der Waals surface area (Å²) in [6.45, 7) is 14.8. The molecule has 0 spiro atoms. The molecule has 0 bridgehead atoms. The third-order valence-electron chi connectivity index (χ3n) is 7.94. The predicted octanol–water partition coefficient (Wildman–Crippen LogP) is 1.14. The molecule has 6 N–H and O–H groups in total. The number of carbonyl (C=O) groups is 4. The SMILES string of the molecule is C=CC1=C(C)C(C=c2[nH]/c(=C/c3[nH]c(C=C4NC(=O)C(C)=C4C=C)c(C)c3CCC(=O)O)c(CCC(=O)O)c2C)=[NH+]C1=O. The van der Waals surface area contributed by atoms with E-state index in [4.69, 9.17) is 0 Å². The first kappa shape index (κ1) is 30.7. The number of aromatic amines is 2. The molecular weight excluding hydrogens is 548 g/mol. The summed E-state index contributed by atoms with van der Waals surface area (Å²) in [6, 6.07) is 0. The molecule has 2 aliphatic heterocycles. The van der Waals surface area contributed by atoms with E-state index in [-0.39, 0.29) is 37.5 Å². The summed E-state index contributed by atoms with van der Waals surface area (Å²) < 4.78 is 0. The van der Waals surface area contributed by atoms with Gasteiger partial charge < -0.3 is 25.5 Å². The summed E-state index contributed by atoms with van der Waals surface area (Å²) in [6.07, 6.45) is 8.93. The molecule has 0 saturated carbocycles. The maximum atomic E-state index is 12.3. The maximum Gasteiger partial charge on any atom is 0.418 e. The summed E-state index contributed by atoms with van der Waals surface area (Å²) in [4.78, 5) is 57.2. The van der Waals surface area contributed by atoms with Crippen molar-refractivity contribution < 1.29 is 34.4 Å². The molecule has 10 nitrogen and oxygen atoms in total. The maximum absolute atomic E-state index is 12.3. The van der Waals surface area contributed by atoms with Crippen molar-refractivity contribution in [2.24, 2.45) is 0 Å². The third-order valence-corrected chi connectivity index (χ3v) is 7.94. The minimum absolute atomic E-state index is 0.0888. The Morgan fingerprint density at radius 2 is 1.40 bits per heavy atom. The van der Waals surface area contributed by atoms with Crippen LogP contribution in [0.25, 0.3) is 18.2 Å². The van der Waals surface area contributed by atoms with Gasteiger partial charge in [-0.25, -0.2) is 4.79 Å². The molecule has 0 radical (unpaired) electrons. The predicted molar refractivity (Wildman–Crippen MR) is 163 cm³/mol. The lowest BCUT2D eigenvalue weighted by atomic mass is 10.0. The van der Waals surface area contributed by atoms with Gasteiger partial charge in [0.25, 0.3) is 5.91 Å². The van der Waals surface area contributed by atoms with Crippen LogP contribution in [0.5, 0.6) is 0 Å². The number of carbonyl (C=O) groups excluding carboxylic acids is 2. The molecule has 2 aromatic heterocycles. The molecule has 2 amide bonds. The van der Waals surface area contributed by atoms with Gasteiger partial charge in [-0.15, -0.1) is 0 Å². The van der Waals surface area contributed by atoms with Crippen LogP contribution in [-0.2, 0) is 32.0 Å². The molecule has 0 aliphatic carbocycles. The molecule has 4 heterocycles. The molecule has 0 atom stereocenters. The van der Waals surface area contributed by atoms with Gasteiger partial charge in [0.05, 0.1) is 11.3 Å². The van der Waals surface area contributed by atoms with Crippen molar-refractivity contribution in [3.63, 3.8) is 0 Å². The van der Waals surface area contributed by atoms with Gasteiger partial charge in [0.2, 0.25) is 5.71 Å². The summed E-state index contributed by atoms with van der Waals surface area (Å²) in [5, 5.41) is 23.1. The fourth-order valence-electron chi connectivity index (χ4n) is 5.41. The molecule has 0 fully saturated rings. The van der Waals surface area contributed by atoms with E-state index >= 15 is 0 Å². The van der Waals surface area contributed by atoms with Gasteiger partial charge in [-0.3, -0.25) is 14.4 Å². The second-order valence-electron chi connectivity index (χ2n) is 10.6. The minimum atomic E-state index is -0.935. The standard InChI is InChI=1S/C33H34N4O6/c1-7-20-19(6)32(42)37-27(20)14-25-18(5)23(10-12-31(40)41)29(35-25)15-28-22(9-11-30(38)39)17(4)24(34-28)13-26-16(3)21(8-2)33(43)36-26/h7-8,13-15,34-35H,1-2,9-12H2,3-6H3,(H,37,42)(H,38,39)(H,40,41)/p+1/b24-13?,27-14?,28-15+. The first-order chi connectivity index (χ1) is 20.4. The zero-order chi connectivity index (χ0) is 31.6. The first-order valence-corrected chi connectivity index (χ1v) is 13.8. The summed E-state index contributed by atoms with van der Waals surface area (Å²) in [5.41, 5.74) is 8.27. The Balaban J connectivity index is 1.92. The lowest BCUT2D eigenvalue weighted by molar-refractivity contribution is -0.366. The Morgan fingerprint density at radius 1 is 0.767 bits per heavy atom. The molecule has 0 aromatic carbocycles. The summed E-state index contributed by atoms with van der Waals surface area (Å²) >= 11 is 0. The zero-order valence-electron chi connectivity index (χ0n) is 24.7. The van der Waals surface area contributed by atoms with Gasteiger partial charge in [0.1, 0.15) is 0 Å². The fraction of sp³-hybridized carbons (Fsp3) is 0.242. The van der Waals surface area contributed by atoms with Crippen LogP contribution in [0, 0.1) is 13.8 Å². The molecule has 2 aromatic rings. The van der Waals surface area contributed by atoms with Crippen molar-refractivity contribution in [3.05, 3.63) is 97.6 Å². The number of nitrogens with one attached hydrogen (secondary N) is 4. The highest BCUT2D eigenvalue weighted by atomic mass is 16.4. The van der Waals surface area contributed by atoms with E-state index < -0.39 is 11.9 Å². The van der Waals surface area contributed by atoms with Crippen molar-refractivity contribution in [1.82, 2.24) is 15.3 Å². The average molecular weight is 584 g/mol. The van der Waals surface area contributed by atoms with Crippen molar-refractivity contribution in [3.8, 4) is 0 Å². The van der Waals surface area contributed by atoms with Crippen molar-refractivity contribution in [2.45, 2.75) is 53.4 Å². The number of hydrogen-bond acceptors (Lipinski definition) is 4. The van der Waals surface area contributed by atoms with Crippen LogP contribution in [0.2, 0.25) is 0 Å². The Morgan fingerprint density at radius 3 is 1.98 bits per heavy atom. The van der Waals surface area contributed by atoms with Crippen LogP contribution < -0.4 is 21.0 Å². The van der Waals surface area contributed by atoms with Crippen molar-refractivity contribution in [2.75, 3.05) is 0 Å². The minimum Gasteiger partial charge on any atom is -0.481 e. The number of carboxylic acids is 2. The van der Waals surface area contributed by atoms with Crippen LogP contribution in [0.3, 0.4) is 0 Å². The van der Waals surface area contributed by atoms with E-state index in [0.29, 0.717) is 50.2 Å². The fourth-order valence-corrected chi connectivity index (χ4v) is 5.41. The Kier molecular flexibility index (Phi) is 8.80. The topological polar surface area (TPSA) is 166 Å². The number of aliphatic carboxylic acids is 2. The van der Waals surface area contributed by atoms with E-state index in [1.165, 1.54) is 6.08 Å². The lowest BCUT2D eigenvalue weighted by Gasteiger charge is -2.02. The molecular formula is C33H35N4O6+. The molecule has 2 aliphatic rings. The summed E-state index contributed by atoms with van der Waals surface area (Å²) in [7, 11) is 0. The average Bonchev–Trinajstić information content (AvgIpc) is 3.59. The second kappa shape index (κ2) is 12.3. The molecule has 10 heteroatoms. The number of rotatable bonds is 11. The highest BCUT2D eigenvalue weighted by molar-refractivity contribution is 6.24. The molecule has 0 unspecified atom stereocenters. The molecule has 43 heavy (non-hydrogen) atoms. The van der Waals surface area contributed by atoms with Crippen LogP contribution in [-0.4, -0.2) is 49.6 Å². The van der Waals surface area contributed by atoms with Crippen LogP contribution in [0.1, 0.15) is 60.3 Å². The normalized spacial score (nSPS) is 16.9. The van der Waals surface area contributed by atoms with E-state index in [0.717, 1.165) is 27.8 Å². The highest BCUT2D eigenvalue weighted by Gasteiger charge is 2.28. The molecule has 222 valence electrons. The van der Waals surface area contributed by atoms with Crippen molar-refractivity contribution >= 4 is 47.7 Å². The summed E-state index contributed by atoms with van der Waals surface area (Å²) in [5.74, 6) is -2.32. The Labute approximate surface area is 248 Å². The number of allylic oxidation sites excluding steroid dienone is 2. The van der Waals surface area contributed by atoms with Crippen LogP contribution in [0.4, 0.5) is 0 Å².